The van der Waals surface area contributed by atoms with E-state index in [-0.39, 0.29) is 17.4 Å². The minimum absolute atomic E-state index is 0.0480. The van der Waals surface area contributed by atoms with Gasteiger partial charge in [-0.05, 0) is 32.0 Å². The van der Waals surface area contributed by atoms with Crippen LogP contribution in [0.15, 0.2) is 29.7 Å². The predicted molar refractivity (Wildman–Crippen MR) is 72.4 cm³/mol. The smallest absolute Gasteiger partial charge is 0.191 e. The Labute approximate surface area is 119 Å². The quantitative estimate of drug-likeness (QED) is 0.862. The first kappa shape index (κ1) is 14.9. The Morgan fingerprint density at radius 1 is 1.35 bits per heavy atom. The third kappa shape index (κ3) is 3.34. The number of benzene rings is 1. The number of nitrogens with zero attached hydrogens (tertiary/aromatic N) is 3. The van der Waals surface area contributed by atoms with Gasteiger partial charge in [0.25, 0.3) is 0 Å². The van der Waals surface area contributed by atoms with Gasteiger partial charge in [0, 0.05) is 17.4 Å². The molecule has 20 heavy (non-hydrogen) atoms. The molecule has 0 fully saturated rings. The molecule has 0 bridgehead atoms. The molecule has 1 aromatic heterocycles. The van der Waals surface area contributed by atoms with E-state index in [1.165, 1.54) is 11.8 Å². The number of aromatic nitrogens is 3. The van der Waals surface area contributed by atoms with Crippen molar-refractivity contribution in [3.05, 3.63) is 41.7 Å². The van der Waals surface area contributed by atoms with E-state index in [2.05, 4.69) is 10.2 Å². The summed E-state index contributed by atoms with van der Waals surface area (Å²) in [5.74, 6) is -1.02. The topological polar surface area (TPSA) is 50.9 Å². The molecule has 0 amide bonds. The lowest BCUT2D eigenvalue weighted by atomic mass is 10.1. The van der Waals surface area contributed by atoms with E-state index in [1.54, 1.807) is 6.33 Å². The standard InChI is InChI=1S/C13H15F2N3OS/c1-8(2)18-7-16-17-13(18)20-6-12(19)10-5-9(14)3-4-11(10)15/h3-5,7-8,12,19H,6H2,1-2H3. The summed E-state index contributed by atoms with van der Waals surface area (Å²) < 4.78 is 28.5. The van der Waals surface area contributed by atoms with Crippen molar-refractivity contribution in [2.75, 3.05) is 5.75 Å². The molecule has 2 aromatic rings. The van der Waals surface area contributed by atoms with E-state index in [9.17, 15) is 13.9 Å². The molecular weight excluding hydrogens is 284 g/mol. The van der Waals surface area contributed by atoms with Crippen molar-refractivity contribution >= 4 is 11.8 Å². The molecule has 0 radical (unpaired) electrons. The van der Waals surface area contributed by atoms with Crippen LogP contribution in [0, 0.1) is 11.6 Å². The van der Waals surface area contributed by atoms with Gasteiger partial charge in [-0.2, -0.15) is 0 Å². The molecule has 0 aliphatic rings. The van der Waals surface area contributed by atoms with E-state index >= 15 is 0 Å². The fourth-order valence-electron chi connectivity index (χ4n) is 1.70. The zero-order valence-corrected chi connectivity index (χ0v) is 11.9. The number of hydrogen-bond donors (Lipinski definition) is 1. The van der Waals surface area contributed by atoms with Gasteiger partial charge < -0.3 is 9.67 Å². The average molecular weight is 299 g/mol. The number of thioether (sulfide) groups is 1. The first-order chi connectivity index (χ1) is 9.49. The summed E-state index contributed by atoms with van der Waals surface area (Å²) in [6.45, 7) is 3.96. The van der Waals surface area contributed by atoms with Gasteiger partial charge in [-0.15, -0.1) is 10.2 Å². The molecule has 1 unspecified atom stereocenters. The van der Waals surface area contributed by atoms with Gasteiger partial charge >= 0.3 is 0 Å². The molecule has 2 rings (SSSR count). The van der Waals surface area contributed by atoms with E-state index in [4.69, 9.17) is 0 Å². The highest BCUT2D eigenvalue weighted by molar-refractivity contribution is 7.99. The van der Waals surface area contributed by atoms with Gasteiger partial charge in [0.1, 0.15) is 18.0 Å². The van der Waals surface area contributed by atoms with Crippen LogP contribution in [-0.2, 0) is 0 Å². The van der Waals surface area contributed by atoms with Gasteiger partial charge in [-0.3, -0.25) is 0 Å². The Balaban J connectivity index is 2.07. The van der Waals surface area contributed by atoms with E-state index in [0.717, 1.165) is 18.2 Å². The molecule has 1 N–H and O–H groups in total. The van der Waals surface area contributed by atoms with Crippen LogP contribution in [0.4, 0.5) is 8.78 Å². The monoisotopic (exact) mass is 299 g/mol. The first-order valence-electron chi connectivity index (χ1n) is 6.14. The largest absolute Gasteiger partial charge is 0.387 e. The number of hydrogen-bond acceptors (Lipinski definition) is 4. The van der Waals surface area contributed by atoms with Crippen molar-refractivity contribution in [1.82, 2.24) is 14.8 Å². The highest BCUT2D eigenvalue weighted by Gasteiger charge is 2.16. The molecular formula is C13H15F2N3OS. The zero-order chi connectivity index (χ0) is 14.7. The molecule has 4 nitrogen and oxygen atoms in total. The summed E-state index contributed by atoms with van der Waals surface area (Å²) >= 11 is 1.25. The van der Waals surface area contributed by atoms with E-state index in [0.29, 0.717) is 5.16 Å². The summed E-state index contributed by atoms with van der Waals surface area (Å²) in [6, 6.07) is 3.23. The summed E-state index contributed by atoms with van der Waals surface area (Å²) in [7, 11) is 0. The predicted octanol–water partition coefficient (Wildman–Crippen LogP) is 2.96. The second kappa shape index (κ2) is 6.32. The minimum Gasteiger partial charge on any atom is -0.387 e. The Kier molecular flexibility index (Phi) is 4.72. The molecule has 108 valence electrons. The van der Waals surface area contributed by atoms with Crippen LogP contribution in [0.25, 0.3) is 0 Å². The molecule has 0 aliphatic heterocycles. The Morgan fingerprint density at radius 2 is 2.10 bits per heavy atom. The summed E-state index contributed by atoms with van der Waals surface area (Å²) in [6.07, 6.45) is 0.496. The number of aliphatic hydroxyl groups is 1. The van der Waals surface area contributed by atoms with Crippen LogP contribution in [-0.4, -0.2) is 25.6 Å². The summed E-state index contributed by atoms with van der Waals surface area (Å²) in [4.78, 5) is 0. The molecule has 0 spiro atoms. The van der Waals surface area contributed by atoms with E-state index in [1.807, 2.05) is 18.4 Å². The van der Waals surface area contributed by atoms with Gasteiger partial charge in [0.15, 0.2) is 5.16 Å². The molecule has 0 saturated heterocycles. The maximum absolute atomic E-state index is 13.5. The van der Waals surface area contributed by atoms with Crippen molar-refractivity contribution in [1.29, 1.82) is 0 Å². The van der Waals surface area contributed by atoms with Crippen LogP contribution in [0.5, 0.6) is 0 Å². The van der Waals surface area contributed by atoms with Crippen molar-refractivity contribution in [3.8, 4) is 0 Å². The third-order valence-electron chi connectivity index (χ3n) is 2.78. The fourth-order valence-corrected chi connectivity index (χ4v) is 2.70. The second-order valence-corrected chi connectivity index (χ2v) is 5.59. The Bertz CT molecular complexity index is 589. The van der Waals surface area contributed by atoms with Crippen LogP contribution >= 0.6 is 11.8 Å². The lowest BCUT2D eigenvalue weighted by molar-refractivity contribution is 0.198. The van der Waals surface area contributed by atoms with Crippen LogP contribution < -0.4 is 0 Å². The fraction of sp³-hybridized carbons (Fsp3) is 0.385. The number of halogens is 2. The normalized spacial score (nSPS) is 12.9. The third-order valence-corrected chi connectivity index (χ3v) is 3.82. The first-order valence-corrected chi connectivity index (χ1v) is 7.13. The van der Waals surface area contributed by atoms with Crippen molar-refractivity contribution < 1.29 is 13.9 Å². The molecule has 1 heterocycles. The minimum atomic E-state index is -1.10. The average Bonchev–Trinajstić information content (AvgIpc) is 2.87. The molecule has 0 aliphatic carbocycles. The second-order valence-electron chi connectivity index (χ2n) is 4.61. The molecule has 7 heteroatoms. The Morgan fingerprint density at radius 3 is 2.80 bits per heavy atom. The van der Waals surface area contributed by atoms with Gasteiger partial charge in [0.05, 0.1) is 6.10 Å². The maximum atomic E-state index is 13.5. The summed E-state index contributed by atoms with van der Waals surface area (Å²) in [5, 5.41) is 18.3. The highest BCUT2D eigenvalue weighted by atomic mass is 32.2. The van der Waals surface area contributed by atoms with Crippen LogP contribution in [0.3, 0.4) is 0 Å². The maximum Gasteiger partial charge on any atom is 0.191 e. The lowest BCUT2D eigenvalue weighted by Crippen LogP contribution is -2.06. The van der Waals surface area contributed by atoms with Crippen molar-refractivity contribution in [3.63, 3.8) is 0 Å². The molecule has 1 aromatic carbocycles. The van der Waals surface area contributed by atoms with Crippen molar-refractivity contribution in [2.24, 2.45) is 0 Å². The molecule has 1 atom stereocenters. The van der Waals surface area contributed by atoms with Crippen LogP contribution in [0.2, 0.25) is 0 Å². The highest BCUT2D eigenvalue weighted by Crippen LogP contribution is 2.26. The molecule has 0 saturated carbocycles. The Hall–Kier alpha value is -1.47. The van der Waals surface area contributed by atoms with Gasteiger partial charge in [-0.25, -0.2) is 8.78 Å². The van der Waals surface area contributed by atoms with Crippen LogP contribution in [0.1, 0.15) is 31.6 Å². The van der Waals surface area contributed by atoms with E-state index < -0.39 is 17.7 Å². The van der Waals surface area contributed by atoms with Crippen molar-refractivity contribution in [2.45, 2.75) is 31.1 Å². The number of aliphatic hydroxyl groups excluding tert-OH is 1. The lowest BCUT2D eigenvalue weighted by Gasteiger charge is -2.13. The van der Waals surface area contributed by atoms with Gasteiger partial charge in [0.2, 0.25) is 0 Å². The van der Waals surface area contributed by atoms with Gasteiger partial charge in [-0.1, -0.05) is 11.8 Å². The zero-order valence-electron chi connectivity index (χ0n) is 11.1. The SMILES string of the molecule is CC(C)n1cnnc1SCC(O)c1cc(F)ccc1F. The summed E-state index contributed by atoms with van der Waals surface area (Å²) in [5.41, 5.74) is -0.0480. The number of rotatable bonds is 5.